The Morgan fingerprint density at radius 3 is 1.51 bits per heavy atom. The van der Waals surface area contributed by atoms with Crippen LogP contribution in [-0.2, 0) is 14.3 Å². The number of unbranched alkanes of at least 4 members (excludes halogenated alkanes) is 24. The van der Waals surface area contributed by atoms with Crippen molar-refractivity contribution in [1.82, 2.24) is 5.32 Å². The normalized spacial score (nSPS) is 21.9. The van der Waals surface area contributed by atoms with Gasteiger partial charge in [0.25, 0.3) is 0 Å². The van der Waals surface area contributed by atoms with E-state index < -0.39 is 74.2 Å². The van der Waals surface area contributed by atoms with Crippen LogP contribution in [-0.4, -0.2) is 110 Å². The van der Waals surface area contributed by atoms with Gasteiger partial charge < -0.3 is 50.5 Å². The molecule has 0 spiro atoms. The van der Waals surface area contributed by atoms with Crippen molar-refractivity contribution in [2.45, 2.75) is 262 Å². The van der Waals surface area contributed by atoms with E-state index in [0.717, 1.165) is 38.5 Å². The molecule has 1 aliphatic heterocycles. The molecule has 1 rings (SSSR count). The third kappa shape index (κ3) is 28.0. The number of nitrogens with one attached hydrogen (secondary N) is 1. The highest BCUT2D eigenvalue weighted by Gasteiger charge is 2.44. The number of hydrogen-bond acceptors (Lipinski definition) is 10. The number of aliphatic hydroxyl groups is 7. The predicted molar refractivity (Wildman–Crippen MR) is 238 cm³/mol. The van der Waals surface area contributed by atoms with Gasteiger partial charge in [-0.1, -0.05) is 179 Å². The monoisotopic (exact) mass is 842 g/mol. The molecule has 0 radical (unpaired) electrons. The van der Waals surface area contributed by atoms with Crippen molar-refractivity contribution in [3.63, 3.8) is 0 Å². The molecule has 1 saturated heterocycles. The maximum Gasteiger partial charge on any atom is 0.249 e. The Kier molecular flexibility index (Phi) is 36.1. The van der Waals surface area contributed by atoms with Gasteiger partial charge in [0.2, 0.25) is 5.91 Å². The van der Waals surface area contributed by atoms with Gasteiger partial charge in [0.1, 0.15) is 36.6 Å². The number of rotatable bonds is 40. The zero-order valence-electron chi connectivity index (χ0n) is 37.5. The molecule has 1 heterocycles. The second-order valence-electron chi connectivity index (χ2n) is 17.2. The molecule has 59 heavy (non-hydrogen) atoms. The van der Waals surface area contributed by atoms with Crippen molar-refractivity contribution >= 4 is 5.91 Å². The fourth-order valence-corrected chi connectivity index (χ4v) is 7.69. The van der Waals surface area contributed by atoms with Crippen LogP contribution in [0.15, 0.2) is 24.3 Å². The van der Waals surface area contributed by atoms with E-state index >= 15 is 0 Å². The van der Waals surface area contributed by atoms with Crippen molar-refractivity contribution in [3.05, 3.63) is 24.3 Å². The van der Waals surface area contributed by atoms with Gasteiger partial charge in [-0.25, -0.2) is 0 Å². The minimum absolute atomic E-state index is 0.248. The van der Waals surface area contributed by atoms with Crippen LogP contribution in [0.25, 0.3) is 0 Å². The number of hydrogen-bond donors (Lipinski definition) is 8. The molecule has 8 N–H and O–H groups in total. The van der Waals surface area contributed by atoms with Crippen LogP contribution in [0.5, 0.6) is 0 Å². The Morgan fingerprint density at radius 1 is 0.576 bits per heavy atom. The number of ether oxygens (including phenoxy) is 2. The third-order valence-electron chi connectivity index (χ3n) is 11.7. The lowest BCUT2D eigenvalue weighted by Crippen LogP contribution is -2.60. The molecule has 0 aliphatic carbocycles. The topological polar surface area (TPSA) is 189 Å². The molecule has 1 aliphatic rings. The Hall–Kier alpha value is -1.41. The number of carbonyl (C=O) groups is 1. The largest absolute Gasteiger partial charge is 0.394 e. The molecule has 9 unspecified atom stereocenters. The Morgan fingerprint density at radius 2 is 1.02 bits per heavy atom. The van der Waals surface area contributed by atoms with Gasteiger partial charge in [0.05, 0.1) is 25.4 Å². The van der Waals surface area contributed by atoms with E-state index in [-0.39, 0.29) is 12.8 Å². The van der Waals surface area contributed by atoms with E-state index in [1.54, 1.807) is 0 Å². The lowest BCUT2D eigenvalue weighted by atomic mass is 9.98. The minimum Gasteiger partial charge on any atom is -0.394 e. The highest BCUT2D eigenvalue weighted by Crippen LogP contribution is 2.23. The SMILES string of the molecule is CCCCCCC/C=C/CC/C=C/CCCC(O)C(O)C(COC1OC(CO)C(O)C(O)C1O)NC(=O)C(O)CCCCCCCCCCCCCCCCCCCC. The lowest BCUT2D eigenvalue weighted by Gasteiger charge is -2.40. The number of carbonyl (C=O) groups excluding carboxylic acids is 1. The standard InChI is InChI=1S/C48H91NO10/c1-3-5-7-9-11-13-15-17-19-20-21-22-24-26-28-30-32-34-36-41(52)47(57)49-39(38-58-48-46(56)45(55)44(54)42(37-50)59-48)43(53)40(51)35-33-31-29-27-25-23-18-16-14-12-10-8-6-4-2/h16,18,27,29,39-46,48,50-56H,3-15,17,19-26,28,30-38H2,1-2H3,(H,49,57)/b18-16+,29-27+. The molecule has 11 heteroatoms. The first-order valence-corrected chi connectivity index (χ1v) is 24.2. The van der Waals surface area contributed by atoms with Gasteiger partial charge in [0, 0.05) is 0 Å². The number of allylic oxidation sites excluding steroid dienone is 4. The van der Waals surface area contributed by atoms with E-state index in [9.17, 15) is 40.5 Å². The van der Waals surface area contributed by atoms with Crippen LogP contribution in [0.3, 0.4) is 0 Å². The number of amides is 1. The maximum atomic E-state index is 13.1. The first kappa shape index (κ1) is 55.6. The third-order valence-corrected chi connectivity index (χ3v) is 11.7. The zero-order valence-corrected chi connectivity index (χ0v) is 37.5. The summed E-state index contributed by atoms with van der Waals surface area (Å²) in [5.74, 6) is -0.709. The first-order chi connectivity index (χ1) is 28.7. The summed E-state index contributed by atoms with van der Waals surface area (Å²) >= 11 is 0. The van der Waals surface area contributed by atoms with Crippen LogP contribution in [0, 0.1) is 0 Å². The molecule has 0 aromatic heterocycles. The van der Waals surface area contributed by atoms with Crippen LogP contribution < -0.4 is 5.32 Å². The first-order valence-electron chi connectivity index (χ1n) is 24.2. The summed E-state index contributed by atoms with van der Waals surface area (Å²) in [7, 11) is 0. The summed E-state index contributed by atoms with van der Waals surface area (Å²) in [5.41, 5.74) is 0. The maximum absolute atomic E-state index is 13.1. The average Bonchev–Trinajstić information content (AvgIpc) is 3.23. The van der Waals surface area contributed by atoms with Gasteiger partial charge in [-0.3, -0.25) is 4.79 Å². The molecule has 11 nitrogen and oxygen atoms in total. The summed E-state index contributed by atoms with van der Waals surface area (Å²) in [4.78, 5) is 13.1. The van der Waals surface area contributed by atoms with E-state index in [1.807, 2.05) is 0 Å². The minimum atomic E-state index is -1.67. The molecule has 0 aromatic carbocycles. The second kappa shape index (κ2) is 38.3. The zero-order chi connectivity index (χ0) is 43.4. The van der Waals surface area contributed by atoms with E-state index in [1.165, 1.54) is 122 Å². The summed E-state index contributed by atoms with van der Waals surface area (Å²) in [6.45, 7) is 3.41. The van der Waals surface area contributed by atoms with Crippen LogP contribution in [0.1, 0.15) is 206 Å². The van der Waals surface area contributed by atoms with Gasteiger partial charge >= 0.3 is 0 Å². The Bertz CT molecular complexity index is 1010. The van der Waals surface area contributed by atoms with Gasteiger partial charge in [-0.05, 0) is 51.4 Å². The molecule has 0 saturated carbocycles. The molecule has 9 atom stereocenters. The fraction of sp³-hybridized carbons (Fsp3) is 0.896. The van der Waals surface area contributed by atoms with Crippen molar-refractivity contribution in [2.24, 2.45) is 0 Å². The van der Waals surface area contributed by atoms with E-state index in [4.69, 9.17) is 9.47 Å². The van der Waals surface area contributed by atoms with Crippen molar-refractivity contribution in [3.8, 4) is 0 Å². The van der Waals surface area contributed by atoms with Gasteiger partial charge in [-0.15, -0.1) is 0 Å². The highest BCUT2D eigenvalue weighted by molar-refractivity contribution is 5.80. The molecule has 348 valence electrons. The Balaban J connectivity index is 2.44. The van der Waals surface area contributed by atoms with Gasteiger partial charge in [-0.2, -0.15) is 0 Å². The Labute approximate surface area is 359 Å². The van der Waals surface area contributed by atoms with Crippen LogP contribution >= 0.6 is 0 Å². The molecule has 1 fully saturated rings. The summed E-state index contributed by atoms with van der Waals surface area (Å²) in [6.07, 6.45) is 30.8. The molecule has 1 amide bonds. The smallest absolute Gasteiger partial charge is 0.249 e. The molecular weight excluding hydrogens is 751 g/mol. The summed E-state index contributed by atoms with van der Waals surface area (Å²) in [6, 6.07) is -1.19. The fourth-order valence-electron chi connectivity index (χ4n) is 7.69. The highest BCUT2D eigenvalue weighted by atomic mass is 16.7. The predicted octanol–water partition coefficient (Wildman–Crippen LogP) is 8.23. The number of aliphatic hydroxyl groups excluding tert-OH is 7. The van der Waals surface area contributed by atoms with Crippen molar-refractivity contribution in [1.29, 1.82) is 0 Å². The average molecular weight is 842 g/mol. The second-order valence-corrected chi connectivity index (χ2v) is 17.2. The summed E-state index contributed by atoms with van der Waals surface area (Å²) in [5, 5.41) is 75.7. The summed E-state index contributed by atoms with van der Waals surface area (Å²) < 4.78 is 11.1. The van der Waals surface area contributed by atoms with Crippen molar-refractivity contribution < 1.29 is 50.0 Å². The lowest BCUT2D eigenvalue weighted by molar-refractivity contribution is -0.303. The molecular formula is C48H91NO10. The van der Waals surface area contributed by atoms with E-state index in [0.29, 0.717) is 19.3 Å². The molecule has 0 aromatic rings. The van der Waals surface area contributed by atoms with Crippen LogP contribution in [0.4, 0.5) is 0 Å². The molecule has 0 bridgehead atoms. The van der Waals surface area contributed by atoms with Crippen LogP contribution in [0.2, 0.25) is 0 Å². The quantitative estimate of drug-likeness (QED) is 0.0221. The van der Waals surface area contributed by atoms with E-state index in [2.05, 4.69) is 43.5 Å². The van der Waals surface area contributed by atoms with Crippen molar-refractivity contribution in [2.75, 3.05) is 13.2 Å². The van der Waals surface area contributed by atoms with Gasteiger partial charge in [0.15, 0.2) is 6.29 Å².